The fraction of sp³-hybridized carbons (Fsp3) is 0.364. The van der Waals surface area contributed by atoms with E-state index in [1.165, 1.54) is 0 Å². The predicted molar refractivity (Wildman–Crippen MR) is 62.1 cm³/mol. The minimum absolute atomic E-state index is 0.00720. The van der Waals surface area contributed by atoms with E-state index in [1.807, 2.05) is 6.92 Å². The van der Waals surface area contributed by atoms with Gasteiger partial charge in [0.1, 0.15) is 12.4 Å². The van der Waals surface area contributed by atoms with Gasteiger partial charge in [-0.3, -0.25) is 0 Å². The van der Waals surface area contributed by atoms with E-state index in [0.29, 0.717) is 24.5 Å². The van der Waals surface area contributed by atoms with Gasteiger partial charge >= 0.3 is 5.97 Å². The molecule has 2 rings (SSSR count). The number of carboxylic acids is 1. The van der Waals surface area contributed by atoms with Gasteiger partial charge in [0.05, 0.1) is 5.69 Å². The van der Waals surface area contributed by atoms with Crippen LogP contribution in [0.1, 0.15) is 35.4 Å². The van der Waals surface area contributed by atoms with Crippen molar-refractivity contribution in [3.8, 4) is 0 Å². The third-order valence-corrected chi connectivity index (χ3v) is 2.44. The average molecular weight is 247 g/mol. The Hall–Kier alpha value is -2.31. The maximum absolute atomic E-state index is 11.0. The number of nitrogens with zero attached hydrogens (tertiary/aromatic N) is 5. The van der Waals surface area contributed by atoms with Gasteiger partial charge in [-0.15, -0.1) is 5.10 Å². The fourth-order valence-electron chi connectivity index (χ4n) is 1.66. The third-order valence-electron chi connectivity index (χ3n) is 2.44. The summed E-state index contributed by atoms with van der Waals surface area (Å²) in [5.74, 6) is -0.477. The lowest BCUT2D eigenvalue weighted by Crippen LogP contribution is -2.11. The molecule has 0 saturated heterocycles. The van der Waals surface area contributed by atoms with Crippen LogP contribution in [0.2, 0.25) is 0 Å². The quantitative estimate of drug-likeness (QED) is 0.838. The highest BCUT2D eigenvalue weighted by Crippen LogP contribution is 2.09. The van der Waals surface area contributed by atoms with Gasteiger partial charge in [-0.25, -0.2) is 19.4 Å². The highest BCUT2D eigenvalue weighted by atomic mass is 16.4. The summed E-state index contributed by atoms with van der Waals surface area (Å²) in [5, 5.41) is 16.6. The molecular weight excluding hydrogens is 234 g/mol. The first-order valence-corrected chi connectivity index (χ1v) is 5.64. The second-order valence-electron chi connectivity index (χ2n) is 3.76. The maximum atomic E-state index is 11.0. The molecule has 0 unspecified atom stereocenters. The molecule has 0 aromatic carbocycles. The van der Waals surface area contributed by atoms with Crippen LogP contribution in [-0.2, 0) is 13.0 Å². The van der Waals surface area contributed by atoms with Gasteiger partial charge in [0, 0.05) is 12.4 Å². The van der Waals surface area contributed by atoms with Crippen molar-refractivity contribution in [3.05, 3.63) is 35.7 Å². The summed E-state index contributed by atoms with van der Waals surface area (Å²) >= 11 is 0. The number of aromatic carboxylic acids is 1. The summed E-state index contributed by atoms with van der Waals surface area (Å²) in [6.07, 6.45) is 4.71. The van der Waals surface area contributed by atoms with Crippen molar-refractivity contribution < 1.29 is 9.90 Å². The summed E-state index contributed by atoms with van der Waals surface area (Å²) in [5.41, 5.74) is 0.616. The molecule has 0 aliphatic rings. The second-order valence-corrected chi connectivity index (χ2v) is 3.76. The summed E-state index contributed by atoms with van der Waals surface area (Å²) in [6, 6.07) is 1.72. The molecule has 0 aliphatic carbocycles. The van der Waals surface area contributed by atoms with Crippen LogP contribution >= 0.6 is 0 Å². The van der Waals surface area contributed by atoms with Gasteiger partial charge in [0.15, 0.2) is 5.69 Å². The van der Waals surface area contributed by atoms with E-state index in [4.69, 9.17) is 5.11 Å². The lowest BCUT2D eigenvalue weighted by Gasteiger charge is -2.04. The molecule has 0 amide bonds. The van der Waals surface area contributed by atoms with Gasteiger partial charge in [0.25, 0.3) is 0 Å². The van der Waals surface area contributed by atoms with Crippen LogP contribution in [0.5, 0.6) is 0 Å². The van der Waals surface area contributed by atoms with E-state index in [2.05, 4.69) is 20.3 Å². The molecule has 18 heavy (non-hydrogen) atoms. The molecule has 7 nitrogen and oxygen atoms in total. The lowest BCUT2D eigenvalue weighted by atomic mass is 10.2. The smallest absolute Gasteiger partial charge is 0.358 e. The van der Waals surface area contributed by atoms with E-state index in [0.717, 1.165) is 6.42 Å². The molecule has 0 bridgehead atoms. The Morgan fingerprint density at radius 3 is 2.72 bits per heavy atom. The Morgan fingerprint density at radius 1 is 1.39 bits per heavy atom. The van der Waals surface area contributed by atoms with Gasteiger partial charge in [-0.2, -0.15) is 0 Å². The van der Waals surface area contributed by atoms with Crippen molar-refractivity contribution in [2.24, 2.45) is 0 Å². The third kappa shape index (κ3) is 2.50. The van der Waals surface area contributed by atoms with Crippen LogP contribution in [0.25, 0.3) is 0 Å². The van der Waals surface area contributed by atoms with E-state index in [1.54, 1.807) is 23.1 Å². The zero-order chi connectivity index (χ0) is 13.0. The summed E-state index contributed by atoms with van der Waals surface area (Å²) < 4.78 is 1.54. The molecule has 0 saturated carbocycles. The van der Waals surface area contributed by atoms with Gasteiger partial charge < -0.3 is 5.11 Å². The van der Waals surface area contributed by atoms with Crippen LogP contribution in [0.3, 0.4) is 0 Å². The molecule has 2 aromatic heterocycles. The first-order chi connectivity index (χ1) is 8.72. The zero-order valence-corrected chi connectivity index (χ0v) is 9.94. The Balaban J connectivity index is 2.30. The van der Waals surface area contributed by atoms with E-state index >= 15 is 0 Å². The lowest BCUT2D eigenvalue weighted by molar-refractivity contribution is 0.0689. The topological polar surface area (TPSA) is 93.8 Å². The molecule has 7 heteroatoms. The first-order valence-electron chi connectivity index (χ1n) is 5.64. The van der Waals surface area contributed by atoms with Crippen LogP contribution in [0.15, 0.2) is 18.5 Å². The Labute approximate surface area is 104 Å². The van der Waals surface area contributed by atoms with Crippen LogP contribution in [-0.4, -0.2) is 36.0 Å². The molecule has 0 aliphatic heterocycles. The van der Waals surface area contributed by atoms with Crippen molar-refractivity contribution in [1.29, 1.82) is 0 Å². The van der Waals surface area contributed by atoms with E-state index in [9.17, 15) is 4.79 Å². The fourth-order valence-corrected chi connectivity index (χ4v) is 1.66. The Morgan fingerprint density at radius 2 is 2.11 bits per heavy atom. The largest absolute Gasteiger partial charge is 0.476 e. The molecule has 94 valence electrons. The highest BCUT2D eigenvalue weighted by molar-refractivity contribution is 5.86. The summed E-state index contributed by atoms with van der Waals surface area (Å²) in [4.78, 5) is 19.2. The predicted octanol–water partition coefficient (Wildman–Crippen LogP) is 0.767. The molecule has 0 atom stereocenters. The molecule has 0 radical (unpaired) electrons. The molecule has 2 aromatic rings. The van der Waals surface area contributed by atoms with Crippen molar-refractivity contribution in [2.45, 2.75) is 26.3 Å². The average Bonchev–Trinajstić information content (AvgIpc) is 2.74. The maximum Gasteiger partial charge on any atom is 0.358 e. The number of carbonyl (C=O) groups is 1. The highest BCUT2D eigenvalue weighted by Gasteiger charge is 2.18. The minimum Gasteiger partial charge on any atom is -0.476 e. The molecule has 0 spiro atoms. The molecule has 0 fully saturated rings. The van der Waals surface area contributed by atoms with Gasteiger partial charge in [-0.1, -0.05) is 18.6 Å². The number of hydrogen-bond donors (Lipinski definition) is 1. The van der Waals surface area contributed by atoms with Crippen molar-refractivity contribution >= 4 is 5.97 Å². The van der Waals surface area contributed by atoms with Crippen LogP contribution in [0.4, 0.5) is 0 Å². The number of aromatic nitrogens is 5. The minimum atomic E-state index is -1.06. The Kier molecular flexibility index (Phi) is 3.61. The molecule has 1 N–H and O–H groups in total. The van der Waals surface area contributed by atoms with Crippen molar-refractivity contribution in [1.82, 2.24) is 25.0 Å². The van der Waals surface area contributed by atoms with Crippen molar-refractivity contribution in [3.63, 3.8) is 0 Å². The van der Waals surface area contributed by atoms with Crippen LogP contribution < -0.4 is 0 Å². The zero-order valence-electron chi connectivity index (χ0n) is 9.94. The van der Waals surface area contributed by atoms with Crippen molar-refractivity contribution in [2.75, 3.05) is 0 Å². The second kappa shape index (κ2) is 5.35. The number of carboxylic acid groups (broad SMARTS) is 1. The normalized spacial score (nSPS) is 10.5. The number of rotatable bonds is 5. The summed E-state index contributed by atoms with van der Waals surface area (Å²) in [7, 11) is 0. The van der Waals surface area contributed by atoms with Crippen LogP contribution in [0, 0.1) is 0 Å². The Bertz CT molecular complexity index is 538. The number of hydrogen-bond acceptors (Lipinski definition) is 5. The van der Waals surface area contributed by atoms with E-state index < -0.39 is 5.97 Å². The SMILES string of the molecule is CCCc1c(C(=O)O)nnn1Cc1ncccn1. The van der Waals surface area contributed by atoms with Gasteiger partial charge in [0.2, 0.25) is 0 Å². The monoisotopic (exact) mass is 247 g/mol. The summed E-state index contributed by atoms with van der Waals surface area (Å²) in [6.45, 7) is 2.30. The first kappa shape index (κ1) is 12.2. The standard InChI is InChI=1S/C11H13N5O2/c1-2-4-8-10(11(17)18)14-15-16(8)7-9-12-5-3-6-13-9/h3,5-6H,2,4,7H2,1H3,(H,17,18). The van der Waals surface area contributed by atoms with E-state index in [-0.39, 0.29) is 5.69 Å². The molecular formula is C11H13N5O2. The molecule has 2 heterocycles. The van der Waals surface area contributed by atoms with Gasteiger partial charge in [-0.05, 0) is 12.5 Å².